The molecule has 0 fully saturated rings. The van der Waals surface area contributed by atoms with Gasteiger partial charge in [0.2, 0.25) is 0 Å². The normalized spacial score (nSPS) is 17.9. The Kier molecular flexibility index (Phi) is 27.2. The Morgan fingerprint density at radius 3 is 0.652 bits per heavy atom. The zero-order chi connectivity index (χ0) is 83.5. The number of rotatable bonds is 14. The van der Waals surface area contributed by atoms with Gasteiger partial charge in [0, 0.05) is 0 Å². The summed E-state index contributed by atoms with van der Waals surface area (Å²) in [5.74, 6) is 5.53. The van der Waals surface area contributed by atoms with Gasteiger partial charge < -0.3 is 0 Å². The van der Waals surface area contributed by atoms with Crippen LogP contribution in [0.1, 0.15) is 374 Å². The first-order valence-corrected chi connectivity index (χ1v) is 53.7. The summed E-state index contributed by atoms with van der Waals surface area (Å²) in [6.45, 7) is 86.0. The Bertz CT molecular complexity index is 4360. The summed E-state index contributed by atoms with van der Waals surface area (Å²) >= 11 is -9.56. The molecule has 0 radical (unpaired) electrons. The fourth-order valence-corrected chi connectivity index (χ4v) is 57.4. The average Bonchev–Trinajstić information content (AvgIpc) is 0.704. The first kappa shape index (κ1) is 90.3. The molecule has 0 N–H and O–H groups in total. The van der Waals surface area contributed by atoms with Crippen LogP contribution in [0, 0.1) is 0 Å². The van der Waals surface area contributed by atoms with Crippen LogP contribution < -0.4 is 17.5 Å². The third kappa shape index (κ3) is 19.0. The maximum atomic E-state index is 8.30. The molecule has 4 nitrogen and oxygen atoms in total. The topological polar surface area (TPSA) is 36.9 Å². The van der Waals surface area contributed by atoms with Crippen LogP contribution in [0.2, 0.25) is 8.49 Å². The van der Waals surface area contributed by atoms with Crippen LogP contribution in [-0.4, -0.2) is 64.5 Å². The van der Waals surface area contributed by atoms with E-state index in [-0.39, 0.29) is 41.0 Å². The molecule has 8 aromatic rings. The minimum atomic E-state index is -4.14. The van der Waals surface area contributed by atoms with E-state index in [1.165, 1.54) is 90.9 Å². The van der Waals surface area contributed by atoms with Crippen molar-refractivity contribution in [3.05, 3.63) is 259 Å². The monoisotopic (exact) mass is 1750 g/mol. The minimum absolute atomic E-state index is 0.0178. The second kappa shape index (κ2) is 33.8. The van der Waals surface area contributed by atoms with Gasteiger partial charge in [0.1, 0.15) is 0 Å². The number of hydrogen-bond donors (Lipinski definition) is 0. The van der Waals surface area contributed by atoms with Crippen molar-refractivity contribution >= 4 is 105 Å². The van der Waals surface area contributed by atoms with Crippen LogP contribution in [0.25, 0.3) is 23.0 Å². The Labute approximate surface area is 700 Å². The molecule has 8 aromatic carbocycles. The molecule has 10 rings (SSSR count). The summed E-state index contributed by atoms with van der Waals surface area (Å²) in [6, 6.07) is 63.2. The van der Waals surface area contributed by atoms with Crippen LogP contribution in [0.15, 0.2) is 170 Å². The Morgan fingerprint density at radius 1 is 0.259 bits per heavy atom. The molecule has 0 bridgehead atoms. The SMILES string of the molecule is CC(C)c1cc(C(C)C)[c]([Ge@]2([C](C)(C)C)[O]C(c3ccccc3)=C(c3ccccc3)O[C]2=[As]c2c(C(C)(C)C)cc(C(C)(C)C)cc2C(C)(C)C)c(C(C)C)c1.CC(C)c1cc(C(C)C)[c]([Ge@]2([C](C)(C)C)[O]C(c3ccccc3)=C(c3ccccc3)O[C]2=[As]c2c(C(C)(C)C)cc(C(C)(C)C)cc2C(C)(C)C)c(C(C)C)c1. The summed E-state index contributed by atoms with van der Waals surface area (Å²) < 4.78 is 40.4. The standard InChI is InChI=1S/2C52H71AsGeO2/c2*1-33(2)38-29-40(34(3)4)45(41(30-38)35(5)6)54(52(16,17)18)48(55-46(36-25-21-19-22-26-36)47(56-54)37-27-23-20-24-28-37)53-44-42(50(10,11)12)31-39(49(7,8)9)32-43(44)51(13,14)15/h2*19-35H,1-18H3/t2*54-/m00/s1. The molecule has 0 amide bonds. The number of hydrogen-bond acceptors (Lipinski definition) is 4. The molecule has 0 aliphatic carbocycles. The predicted molar refractivity (Wildman–Crippen MR) is 497 cm³/mol. The second-order valence-electron chi connectivity index (χ2n) is 42.3. The molecular weight excluding hydrogens is 1610 g/mol. The molecule has 0 spiro atoms. The van der Waals surface area contributed by atoms with Gasteiger partial charge in [-0.1, -0.05) is 0 Å². The van der Waals surface area contributed by atoms with Gasteiger partial charge in [-0.15, -0.1) is 0 Å². The molecule has 0 saturated heterocycles. The van der Waals surface area contributed by atoms with Gasteiger partial charge in [0.25, 0.3) is 0 Å². The van der Waals surface area contributed by atoms with E-state index in [1.807, 2.05) is 0 Å². The van der Waals surface area contributed by atoms with E-state index in [2.05, 4.69) is 419 Å². The third-order valence-corrected chi connectivity index (χ3v) is 55.6. The van der Waals surface area contributed by atoms with Crippen molar-refractivity contribution in [1.29, 1.82) is 0 Å². The summed E-state index contributed by atoms with van der Waals surface area (Å²) in [5, 5.41) is 0. The van der Waals surface area contributed by atoms with Crippen LogP contribution >= 0.6 is 0 Å². The summed E-state index contributed by atoms with van der Waals surface area (Å²) in [4.78, 5) is 0. The summed E-state index contributed by atoms with van der Waals surface area (Å²) in [5.41, 5.74) is 21.1. The van der Waals surface area contributed by atoms with E-state index in [0.29, 0.717) is 35.5 Å². The van der Waals surface area contributed by atoms with Gasteiger partial charge in [0.05, 0.1) is 0 Å². The van der Waals surface area contributed by atoms with Gasteiger partial charge in [0.15, 0.2) is 0 Å². The molecule has 2 aliphatic rings. The van der Waals surface area contributed by atoms with Crippen molar-refractivity contribution in [3.8, 4) is 0 Å². The number of ether oxygens (including phenoxy) is 2. The molecule has 2 atom stereocenters. The van der Waals surface area contributed by atoms with E-state index >= 15 is 0 Å². The first-order valence-electron chi connectivity index (χ1n) is 41.9. The molecule has 0 unspecified atom stereocenters. The van der Waals surface area contributed by atoms with E-state index in [9.17, 15) is 0 Å². The van der Waals surface area contributed by atoms with Crippen molar-refractivity contribution in [1.82, 2.24) is 0 Å². The van der Waals surface area contributed by atoms with Gasteiger partial charge in [-0.3, -0.25) is 0 Å². The van der Waals surface area contributed by atoms with Crippen molar-refractivity contribution in [2.24, 2.45) is 0 Å². The molecule has 2 aliphatic heterocycles. The maximum absolute atomic E-state index is 8.30. The Hall–Kier alpha value is -5.62. The van der Waals surface area contributed by atoms with Crippen LogP contribution in [0.4, 0.5) is 0 Å². The molecule has 112 heavy (non-hydrogen) atoms. The Morgan fingerprint density at radius 2 is 0.473 bits per heavy atom. The van der Waals surface area contributed by atoms with Gasteiger partial charge >= 0.3 is 707 Å². The molecule has 600 valence electrons. The second-order valence-corrected chi connectivity index (χ2v) is 67.5. The van der Waals surface area contributed by atoms with Crippen molar-refractivity contribution in [2.75, 3.05) is 0 Å². The zero-order valence-electron chi connectivity index (χ0n) is 76.2. The quantitative estimate of drug-likeness (QED) is 0.102. The van der Waals surface area contributed by atoms with Crippen molar-refractivity contribution in [3.63, 3.8) is 0 Å². The van der Waals surface area contributed by atoms with E-state index < -0.39 is 57.8 Å². The fraction of sp³-hybridized carbons (Fsp3) is 0.481. The zero-order valence-corrected chi connectivity index (χ0v) is 84.1. The van der Waals surface area contributed by atoms with Crippen LogP contribution in [0.5, 0.6) is 0 Å². The van der Waals surface area contributed by atoms with E-state index in [4.69, 9.17) is 17.0 Å². The average molecular weight is 1750 g/mol. The molecular formula is C104H142As2Ge2O4. The third-order valence-electron chi connectivity index (χ3n) is 22.8. The molecule has 2 heterocycles. The van der Waals surface area contributed by atoms with Gasteiger partial charge in [-0.05, 0) is 0 Å². The van der Waals surface area contributed by atoms with Crippen molar-refractivity contribution < 1.29 is 17.0 Å². The van der Waals surface area contributed by atoms with E-state index in [0.717, 1.165) is 45.3 Å². The molecule has 0 aromatic heterocycles. The summed E-state index contributed by atoms with van der Waals surface area (Å²) in [7, 11) is 0. The first-order chi connectivity index (χ1) is 51.6. The fourth-order valence-electron chi connectivity index (χ4n) is 15.8. The predicted octanol–water partition coefficient (Wildman–Crippen LogP) is 26.3. The van der Waals surface area contributed by atoms with Crippen LogP contribution in [0.3, 0.4) is 0 Å². The van der Waals surface area contributed by atoms with Gasteiger partial charge in [-0.2, -0.15) is 0 Å². The molecule has 0 saturated carbocycles. The number of benzene rings is 8. The van der Waals surface area contributed by atoms with E-state index in [1.54, 1.807) is 0 Å². The van der Waals surface area contributed by atoms with Crippen LogP contribution in [-0.2, 0) is 49.5 Å². The van der Waals surface area contributed by atoms with Crippen molar-refractivity contribution in [2.45, 2.75) is 326 Å². The molecule has 8 heteroatoms. The summed E-state index contributed by atoms with van der Waals surface area (Å²) in [6.07, 6.45) is 0. The van der Waals surface area contributed by atoms with Gasteiger partial charge in [-0.25, -0.2) is 0 Å². The Balaban J connectivity index is 0.000000257.